The van der Waals surface area contributed by atoms with E-state index in [1.54, 1.807) is 6.92 Å². The Kier molecular flexibility index (Phi) is 6.31. The molecule has 5 heteroatoms. The molecule has 2 N–H and O–H groups in total. The molecule has 1 aliphatic carbocycles. The molecule has 1 fully saturated rings. The van der Waals surface area contributed by atoms with Crippen molar-refractivity contribution in [3.63, 3.8) is 0 Å². The van der Waals surface area contributed by atoms with Gasteiger partial charge in [-0.15, -0.1) is 0 Å². The van der Waals surface area contributed by atoms with Crippen molar-refractivity contribution >= 4 is 10.0 Å². The summed E-state index contributed by atoms with van der Waals surface area (Å²) in [5, 5.41) is 3.36. The van der Waals surface area contributed by atoms with Crippen molar-refractivity contribution < 1.29 is 8.42 Å². The zero-order chi connectivity index (χ0) is 11.9. The standard InChI is InChI=1S/C11H24N2O2S/c1-2-13-16(14,15)10-9-12-11-7-5-3-4-6-8-11/h11-13H,2-10H2,1H3. The van der Waals surface area contributed by atoms with Crippen LogP contribution in [-0.4, -0.2) is 33.3 Å². The Bertz CT molecular complexity index is 270. The van der Waals surface area contributed by atoms with Gasteiger partial charge in [0.1, 0.15) is 0 Å². The second-order valence-electron chi connectivity index (χ2n) is 4.46. The summed E-state index contributed by atoms with van der Waals surface area (Å²) >= 11 is 0. The molecule has 0 aliphatic heterocycles. The molecule has 96 valence electrons. The first kappa shape index (κ1) is 13.9. The van der Waals surface area contributed by atoms with Gasteiger partial charge >= 0.3 is 0 Å². The van der Waals surface area contributed by atoms with Crippen LogP contribution in [0.1, 0.15) is 45.4 Å². The van der Waals surface area contributed by atoms with Gasteiger partial charge in [-0.25, -0.2) is 13.1 Å². The number of rotatable bonds is 6. The molecule has 16 heavy (non-hydrogen) atoms. The van der Waals surface area contributed by atoms with Crippen molar-refractivity contribution in [2.75, 3.05) is 18.8 Å². The Balaban J connectivity index is 2.18. The van der Waals surface area contributed by atoms with Crippen molar-refractivity contribution in [2.45, 2.75) is 51.5 Å². The highest BCUT2D eigenvalue weighted by molar-refractivity contribution is 7.89. The fraction of sp³-hybridized carbons (Fsp3) is 1.00. The fourth-order valence-electron chi connectivity index (χ4n) is 2.17. The summed E-state index contributed by atoms with van der Waals surface area (Å²) in [5.74, 6) is 0.192. The number of nitrogens with one attached hydrogen (secondary N) is 2. The summed E-state index contributed by atoms with van der Waals surface area (Å²) in [6.45, 7) is 2.85. The summed E-state index contributed by atoms with van der Waals surface area (Å²) in [7, 11) is -3.05. The lowest BCUT2D eigenvalue weighted by molar-refractivity contribution is 0.470. The summed E-state index contributed by atoms with van der Waals surface area (Å²) in [5.41, 5.74) is 0. The lowest BCUT2D eigenvalue weighted by atomic mass is 10.1. The minimum absolute atomic E-state index is 0.192. The van der Waals surface area contributed by atoms with E-state index in [1.807, 2.05) is 0 Å². The molecule has 0 unspecified atom stereocenters. The SMILES string of the molecule is CCNS(=O)(=O)CCNC1CCCCCC1. The Hall–Kier alpha value is -0.130. The Labute approximate surface area is 99.2 Å². The van der Waals surface area contributed by atoms with E-state index in [4.69, 9.17) is 0 Å². The third-order valence-electron chi connectivity index (χ3n) is 3.02. The lowest BCUT2D eigenvalue weighted by Gasteiger charge is -2.16. The zero-order valence-electron chi connectivity index (χ0n) is 10.2. The molecule has 0 bridgehead atoms. The molecule has 0 heterocycles. The minimum Gasteiger partial charge on any atom is -0.313 e. The molecular weight excluding hydrogens is 224 g/mol. The predicted octanol–water partition coefficient (Wildman–Crippen LogP) is 1.24. The molecule has 0 aromatic rings. The lowest BCUT2D eigenvalue weighted by Crippen LogP contribution is -2.36. The highest BCUT2D eigenvalue weighted by atomic mass is 32.2. The van der Waals surface area contributed by atoms with Crippen LogP contribution in [0.15, 0.2) is 0 Å². The van der Waals surface area contributed by atoms with Crippen LogP contribution in [0.5, 0.6) is 0 Å². The van der Waals surface area contributed by atoms with E-state index in [0.717, 1.165) is 0 Å². The highest BCUT2D eigenvalue weighted by Crippen LogP contribution is 2.16. The first-order valence-corrected chi connectivity index (χ1v) is 8.00. The zero-order valence-corrected chi connectivity index (χ0v) is 11.0. The van der Waals surface area contributed by atoms with Crippen LogP contribution in [0.3, 0.4) is 0 Å². The Morgan fingerprint density at radius 3 is 2.31 bits per heavy atom. The molecule has 0 atom stereocenters. The number of hydrogen-bond donors (Lipinski definition) is 2. The second kappa shape index (κ2) is 7.25. The highest BCUT2D eigenvalue weighted by Gasteiger charge is 2.13. The summed E-state index contributed by atoms with van der Waals surface area (Å²) in [4.78, 5) is 0. The molecule has 4 nitrogen and oxygen atoms in total. The van der Waals surface area contributed by atoms with Crippen LogP contribution in [0.25, 0.3) is 0 Å². The van der Waals surface area contributed by atoms with Gasteiger partial charge in [0.15, 0.2) is 0 Å². The van der Waals surface area contributed by atoms with Crippen LogP contribution in [0.2, 0.25) is 0 Å². The summed E-state index contributed by atoms with van der Waals surface area (Å²) in [6.07, 6.45) is 7.60. The molecule has 1 rings (SSSR count). The molecule has 0 saturated heterocycles. The third-order valence-corrected chi connectivity index (χ3v) is 4.49. The van der Waals surface area contributed by atoms with E-state index in [-0.39, 0.29) is 5.75 Å². The average Bonchev–Trinajstić information content (AvgIpc) is 2.46. The molecule has 1 saturated carbocycles. The van der Waals surface area contributed by atoms with Gasteiger partial charge in [-0.2, -0.15) is 0 Å². The summed E-state index contributed by atoms with van der Waals surface area (Å²) in [6, 6.07) is 0.527. The number of sulfonamides is 1. The molecular formula is C11H24N2O2S. The van der Waals surface area contributed by atoms with Crippen LogP contribution >= 0.6 is 0 Å². The molecule has 0 aromatic heterocycles. The van der Waals surface area contributed by atoms with Gasteiger partial charge in [0.05, 0.1) is 5.75 Å². The van der Waals surface area contributed by atoms with Crippen molar-refractivity contribution in [1.82, 2.24) is 10.0 Å². The predicted molar refractivity (Wildman–Crippen MR) is 67.0 cm³/mol. The van der Waals surface area contributed by atoms with Gasteiger partial charge in [0, 0.05) is 19.1 Å². The fourth-order valence-corrected chi connectivity index (χ4v) is 3.14. The van der Waals surface area contributed by atoms with Crippen LogP contribution in [0, 0.1) is 0 Å². The van der Waals surface area contributed by atoms with E-state index in [2.05, 4.69) is 10.0 Å². The van der Waals surface area contributed by atoms with Gasteiger partial charge in [0.2, 0.25) is 10.0 Å². The normalized spacial score (nSPS) is 19.6. The van der Waals surface area contributed by atoms with Crippen molar-refractivity contribution in [1.29, 1.82) is 0 Å². The maximum Gasteiger partial charge on any atom is 0.212 e. The van der Waals surface area contributed by atoms with Crippen LogP contribution in [-0.2, 0) is 10.0 Å². The van der Waals surface area contributed by atoms with Crippen molar-refractivity contribution in [2.24, 2.45) is 0 Å². The quantitative estimate of drug-likeness (QED) is 0.695. The average molecular weight is 248 g/mol. The second-order valence-corrected chi connectivity index (χ2v) is 6.39. The Morgan fingerprint density at radius 1 is 1.12 bits per heavy atom. The summed E-state index contributed by atoms with van der Waals surface area (Å²) < 4.78 is 25.3. The topological polar surface area (TPSA) is 58.2 Å². The van der Waals surface area contributed by atoms with Gasteiger partial charge in [0.25, 0.3) is 0 Å². The molecule has 0 amide bonds. The monoisotopic (exact) mass is 248 g/mol. The van der Waals surface area contributed by atoms with Gasteiger partial charge in [-0.05, 0) is 12.8 Å². The van der Waals surface area contributed by atoms with E-state index in [0.29, 0.717) is 19.1 Å². The first-order chi connectivity index (χ1) is 7.64. The molecule has 0 radical (unpaired) electrons. The van der Waals surface area contributed by atoms with E-state index >= 15 is 0 Å². The Morgan fingerprint density at radius 2 is 1.75 bits per heavy atom. The largest absolute Gasteiger partial charge is 0.313 e. The maximum absolute atomic E-state index is 11.4. The van der Waals surface area contributed by atoms with Gasteiger partial charge < -0.3 is 5.32 Å². The van der Waals surface area contributed by atoms with E-state index in [1.165, 1.54) is 38.5 Å². The number of hydrogen-bond acceptors (Lipinski definition) is 3. The van der Waals surface area contributed by atoms with E-state index in [9.17, 15) is 8.42 Å². The minimum atomic E-state index is -3.05. The first-order valence-electron chi connectivity index (χ1n) is 6.35. The van der Waals surface area contributed by atoms with Gasteiger partial charge in [-0.3, -0.25) is 0 Å². The van der Waals surface area contributed by atoms with Gasteiger partial charge in [-0.1, -0.05) is 32.6 Å². The van der Waals surface area contributed by atoms with Crippen LogP contribution < -0.4 is 10.0 Å². The smallest absolute Gasteiger partial charge is 0.212 e. The van der Waals surface area contributed by atoms with Crippen molar-refractivity contribution in [3.05, 3.63) is 0 Å². The molecule has 1 aliphatic rings. The van der Waals surface area contributed by atoms with Crippen LogP contribution in [0.4, 0.5) is 0 Å². The maximum atomic E-state index is 11.4. The molecule has 0 aromatic carbocycles. The van der Waals surface area contributed by atoms with E-state index < -0.39 is 10.0 Å². The van der Waals surface area contributed by atoms with Crippen molar-refractivity contribution in [3.8, 4) is 0 Å². The molecule has 0 spiro atoms. The third kappa shape index (κ3) is 5.82.